The van der Waals surface area contributed by atoms with Crippen LogP contribution in [0.2, 0.25) is 0 Å². The van der Waals surface area contributed by atoms with Crippen molar-refractivity contribution in [2.75, 3.05) is 29.9 Å². The first kappa shape index (κ1) is 14.1. The Morgan fingerprint density at radius 1 is 1.42 bits per heavy atom. The molecule has 19 heavy (non-hydrogen) atoms. The summed E-state index contributed by atoms with van der Waals surface area (Å²) in [6, 6.07) is 0. The molecule has 1 aliphatic rings. The topological polar surface area (TPSA) is 61.3 Å². The number of nitrogens with zero attached hydrogens (tertiary/aromatic N) is 3. The lowest BCUT2D eigenvalue weighted by atomic mass is 9.94. The first-order valence-electron chi connectivity index (χ1n) is 7.07. The molecule has 5 heteroatoms. The Kier molecular flexibility index (Phi) is 4.24. The fourth-order valence-corrected chi connectivity index (χ4v) is 2.28. The van der Waals surface area contributed by atoms with E-state index >= 15 is 0 Å². The number of hydrogen-bond acceptors (Lipinski definition) is 5. The summed E-state index contributed by atoms with van der Waals surface area (Å²) in [6.07, 6.45) is 4.49. The van der Waals surface area contributed by atoms with Gasteiger partial charge in [-0.05, 0) is 33.1 Å². The number of hydrogen-bond donors (Lipinski definition) is 2. The van der Waals surface area contributed by atoms with Gasteiger partial charge in [0.15, 0.2) is 0 Å². The maximum atomic E-state index is 10.0. The zero-order chi connectivity index (χ0) is 13.9. The summed E-state index contributed by atoms with van der Waals surface area (Å²) in [5.74, 6) is 1.68. The summed E-state index contributed by atoms with van der Waals surface area (Å²) in [7, 11) is 0. The van der Waals surface area contributed by atoms with Crippen molar-refractivity contribution >= 4 is 11.8 Å². The van der Waals surface area contributed by atoms with Gasteiger partial charge in [0.1, 0.15) is 5.82 Å². The highest BCUT2D eigenvalue weighted by Crippen LogP contribution is 2.26. The van der Waals surface area contributed by atoms with Crippen molar-refractivity contribution < 1.29 is 5.11 Å². The molecule has 0 radical (unpaired) electrons. The first-order chi connectivity index (χ1) is 9.02. The highest BCUT2D eigenvalue weighted by atomic mass is 16.3. The summed E-state index contributed by atoms with van der Waals surface area (Å²) in [5.41, 5.74) is 0.560. The molecule has 1 saturated heterocycles. The van der Waals surface area contributed by atoms with Crippen LogP contribution in [-0.4, -0.2) is 40.3 Å². The Balaban J connectivity index is 2.10. The number of rotatable bonds is 4. The quantitative estimate of drug-likeness (QED) is 0.870. The molecular weight excluding hydrogens is 240 g/mol. The highest BCUT2D eigenvalue weighted by molar-refractivity contribution is 5.49. The summed E-state index contributed by atoms with van der Waals surface area (Å²) < 4.78 is 0. The molecule has 0 spiro atoms. The first-order valence-corrected chi connectivity index (χ1v) is 7.07. The lowest BCUT2D eigenvalue weighted by Gasteiger charge is -2.37. The second-order valence-electron chi connectivity index (χ2n) is 5.61. The molecule has 2 heterocycles. The Morgan fingerprint density at radius 3 is 2.74 bits per heavy atom. The lowest BCUT2D eigenvalue weighted by Crippen LogP contribution is -2.43. The van der Waals surface area contributed by atoms with E-state index in [0.717, 1.165) is 50.3 Å². The molecule has 2 rings (SSSR count). The van der Waals surface area contributed by atoms with Gasteiger partial charge in [-0.25, -0.2) is 4.98 Å². The zero-order valence-corrected chi connectivity index (χ0v) is 12.1. The second kappa shape index (κ2) is 5.74. The number of aliphatic hydroxyl groups is 1. The maximum Gasteiger partial charge on any atom is 0.224 e. The predicted octanol–water partition coefficient (Wildman–Crippen LogP) is 1.96. The van der Waals surface area contributed by atoms with Gasteiger partial charge in [-0.2, -0.15) is 4.98 Å². The maximum absolute atomic E-state index is 10.0. The molecule has 0 saturated carbocycles. The number of anilines is 2. The fourth-order valence-electron chi connectivity index (χ4n) is 2.28. The van der Waals surface area contributed by atoms with Gasteiger partial charge < -0.3 is 15.3 Å². The summed E-state index contributed by atoms with van der Waals surface area (Å²) in [6.45, 7) is 8.64. The molecule has 106 valence electrons. The SMILES string of the molecule is CCCNc1ncc(C)c(N2CCC(C)(O)CC2)n1. The normalized spacial score (nSPS) is 18.4. The van der Waals surface area contributed by atoms with Gasteiger partial charge in [0.2, 0.25) is 5.95 Å². The smallest absolute Gasteiger partial charge is 0.224 e. The van der Waals surface area contributed by atoms with Crippen LogP contribution in [0, 0.1) is 6.92 Å². The van der Waals surface area contributed by atoms with Crippen LogP contribution in [0.1, 0.15) is 38.7 Å². The van der Waals surface area contributed by atoms with Crippen molar-refractivity contribution in [3.63, 3.8) is 0 Å². The van der Waals surface area contributed by atoms with Crippen LogP contribution in [0.15, 0.2) is 6.20 Å². The third-order valence-electron chi connectivity index (χ3n) is 3.62. The van der Waals surface area contributed by atoms with E-state index in [9.17, 15) is 5.11 Å². The van der Waals surface area contributed by atoms with E-state index in [-0.39, 0.29) is 0 Å². The molecule has 1 aliphatic heterocycles. The van der Waals surface area contributed by atoms with Crippen LogP contribution in [0.5, 0.6) is 0 Å². The summed E-state index contributed by atoms with van der Waals surface area (Å²) >= 11 is 0. The van der Waals surface area contributed by atoms with E-state index in [2.05, 4.69) is 27.1 Å². The van der Waals surface area contributed by atoms with Crippen molar-refractivity contribution in [2.24, 2.45) is 0 Å². The van der Waals surface area contributed by atoms with Gasteiger partial charge in [-0.3, -0.25) is 0 Å². The van der Waals surface area contributed by atoms with Crippen molar-refractivity contribution in [1.29, 1.82) is 0 Å². The lowest BCUT2D eigenvalue weighted by molar-refractivity contribution is 0.0350. The Morgan fingerprint density at radius 2 is 2.11 bits per heavy atom. The van der Waals surface area contributed by atoms with Gasteiger partial charge in [0.05, 0.1) is 5.60 Å². The van der Waals surface area contributed by atoms with E-state index in [1.165, 1.54) is 0 Å². The van der Waals surface area contributed by atoms with Crippen molar-refractivity contribution in [3.8, 4) is 0 Å². The molecule has 0 unspecified atom stereocenters. The summed E-state index contributed by atoms with van der Waals surface area (Å²) in [5, 5.41) is 13.2. The Hall–Kier alpha value is -1.36. The van der Waals surface area contributed by atoms with E-state index < -0.39 is 5.60 Å². The number of nitrogens with one attached hydrogen (secondary N) is 1. The molecule has 0 aliphatic carbocycles. The number of aromatic nitrogens is 2. The minimum atomic E-state index is -0.527. The van der Waals surface area contributed by atoms with Crippen LogP contribution in [0.3, 0.4) is 0 Å². The molecule has 0 atom stereocenters. The van der Waals surface area contributed by atoms with Crippen LogP contribution in [-0.2, 0) is 0 Å². The molecular formula is C14H24N4O. The van der Waals surface area contributed by atoms with Crippen LogP contribution >= 0.6 is 0 Å². The van der Waals surface area contributed by atoms with Gasteiger partial charge in [0, 0.05) is 31.4 Å². The van der Waals surface area contributed by atoms with Crippen molar-refractivity contribution in [1.82, 2.24) is 9.97 Å². The van der Waals surface area contributed by atoms with Gasteiger partial charge in [0.25, 0.3) is 0 Å². The molecule has 1 aromatic heterocycles. The van der Waals surface area contributed by atoms with Crippen LogP contribution in [0.25, 0.3) is 0 Å². The third-order valence-corrected chi connectivity index (χ3v) is 3.62. The van der Waals surface area contributed by atoms with Gasteiger partial charge in [-0.1, -0.05) is 6.92 Å². The third kappa shape index (κ3) is 3.56. The van der Waals surface area contributed by atoms with Gasteiger partial charge >= 0.3 is 0 Å². The van der Waals surface area contributed by atoms with E-state index in [1.807, 2.05) is 20.0 Å². The Labute approximate surface area is 115 Å². The molecule has 5 nitrogen and oxygen atoms in total. The highest BCUT2D eigenvalue weighted by Gasteiger charge is 2.28. The predicted molar refractivity (Wildman–Crippen MR) is 77.6 cm³/mol. The van der Waals surface area contributed by atoms with Gasteiger partial charge in [-0.15, -0.1) is 0 Å². The average molecular weight is 264 g/mol. The van der Waals surface area contributed by atoms with Crippen molar-refractivity contribution in [3.05, 3.63) is 11.8 Å². The molecule has 2 N–H and O–H groups in total. The average Bonchev–Trinajstić information content (AvgIpc) is 2.38. The minimum absolute atomic E-state index is 0.527. The molecule has 1 aromatic rings. The van der Waals surface area contributed by atoms with E-state index in [4.69, 9.17) is 0 Å². The number of piperidine rings is 1. The van der Waals surface area contributed by atoms with Crippen LogP contribution in [0.4, 0.5) is 11.8 Å². The molecule has 0 aromatic carbocycles. The second-order valence-corrected chi connectivity index (χ2v) is 5.61. The molecule has 0 amide bonds. The standard InChI is InChI=1S/C14H24N4O/c1-4-7-15-13-16-10-11(2)12(17-13)18-8-5-14(3,19)6-9-18/h10,19H,4-9H2,1-3H3,(H,15,16,17). The molecule has 1 fully saturated rings. The molecule has 0 bridgehead atoms. The number of aryl methyl sites for hydroxylation is 1. The zero-order valence-electron chi connectivity index (χ0n) is 12.1. The summed E-state index contributed by atoms with van der Waals surface area (Å²) in [4.78, 5) is 11.1. The monoisotopic (exact) mass is 264 g/mol. The van der Waals surface area contributed by atoms with E-state index in [0.29, 0.717) is 5.95 Å². The van der Waals surface area contributed by atoms with Crippen molar-refractivity contribution in [2.45, 2.75) is 45.6 Å². The van der Waals surface area contributed by atoms with Crippen LogP contribution < -0.4 is 10.2 Å². The minimum Gasteiger partial charge on any atom is -0.390 e. The fraction of sp³-hybridized carbons (Fsp3) is 0.714. The van der Waals surface area contributed by atoms with E-state index in [1.54, 1.807) is 0 Å². The Bertz CT molecular complexity index is 423. The largest absolute Gasteiger partial charge is 0.390 e.